The van der Waals surface area contributed by atoms with Crippen molar-refractivity contribution >= 4 is 12.0 Å². The molecule has 21 heavy (non-hydrogen) atoms. The van der Waals surface area contributed by atoms with Gasteiger partial charge in [-0.05, 0) is 25.2 Å². The molecule has 0 radical (unpaired) electrons. The van der Waals surface area contributed by atoms with Gasteiger partial charge in [0.15, 0.2) is 0 Å². The second-order valence-corrected chi connectivity index (χ2v) is 5.76. The number of nitrogens with one attached hydrogen (secondary N) is 1. The molecule has 2 heterocycles. The van der Waals surface area contributed by atoms with Crippen molar-refractivity contribution in [2.24, 2.45) is 5.92 Å². The zero-order valence-corrected chi connectivity index (χ0v) is 12.4. The number of aliphatic carboxylic acids is 1. The number of nitrogens with zero attached hydrogens (tertiary/aromatic N) is 2. The van der Waals surface area contributed by atoms with Crippen molar-refractivity contribution in [3.63, 3.8) is 0 Å². The molecule has 2 saturated heterocycles. The molecular formula is C14H25N3O4. The van der Waals surface area contributed by atoms with Crippen LogP contribution in [0.15, 0.2) is 0 Å². The van der Waals surface area contributed by atoms with Gasteiger partial charge in [-0.15, -0.1) is 0 Å². The summed E-state index contributed by atoms with van der Waals surface area (Å²) in [4.78, 5) is 26.5. The van der Waals surface area contributed by atoms with Crippen LogP contribution in [0.5, 0.6) is 0 Å². The van der Waals surface area contributed by atoms with Gasteiger partial charge < -0.3 is 20.1 Å². The Morgan fingerprint density at radius 2 is 2.10 bits per heavy atom. The predicted octanol–water partition coefficient (Wildman–Crippen LogP) is 0.215. The van der Waals surface area contributed by atoms with Gasteiger partial charge in [0.05, 0.1) is 6.54 Å². The highest BCUT2D eigenvalue weighted by Crippen LogP contribution is 2.15. The van der Waals surface area contributed by atoms with Gasteiger partial charge in [0.1, 0.15) is 0 Å². The minimum atomic E-state index is -0.813. The molecule has 0 aliphatic carbocycles. The minimum Gasteiger partial charge on any atom is -0.480 e. The molecule has 0 aromatic heterocycles. The van der Waals surface area contributed by atoms with Crippen LogP contribution < -0.4 is 5.32 Å². The van der Waals surface area contributed by atoms with E-state index in [4.69, 9.17) is 9.84 Å². The average molecular weight is 299 g/mol. The SMILES string of the molecule is O=C(O)CN1CCCN(C(=O)NCCC2CCOC2)CC1. The van der Waals surface area contributed by atoms with E-state index in [1.807, 2.05) is 4.90 Å². The molecule has 0 aromatic rings. The fraction of sp³-hybridized carbons (Fsp3) is 0.857. The summed E-state index contributed by atoms with van der Waals surface area (Å²) in [5.74, 6) is -0.243. The van der Waals surface area contributed by atoms with Crippen LogP contribution in [0.25, 0.3) is 0 Å². The Morgan fingerprint density at radius 3 is 2.81 bits per heavy atom. The summed E-state index contributed by atoms with van der Waals surface area (Å²) in [6.45, 7) is 5.01. The number of hydrogen-bond donors (Lipinski definition) is 2. The van der Waals surface area contributed by atoms with E-state index in [2.05, 4.69) is 5.32 Å². The lowest BCUT2D eigenvalue weighted by atomic mass is 10.1. The molecule has 0 spiro atoms. The number of carboxylic acids is 1. The number of amides is 2. The van der Waals surface area contributed by atoms with Gasteiger partial charge in [0, 0.05) is 45.9 Å². The van der Waals surface area contributed by atoms with E-state index < -0.39 is 5.97 Å². The molecular weight excluding hydrogens is 274 g/mol. The van der Waals surface area contributed by atoms with Crippen molar-refractivity contribution in [1.82, 2.24) is 15.1 Å². The summed E-state index contributed by atoms with van der Waals surface area (Å²) in [6, 6.07) is -0.0360. The maximum Gasteiger partial charge on any atom is 0.317 e. The van der Waals surface area contributed by atoms with E-state index in [0.29, 0.717) is 32.1 Å². The summed E-state index contributed by atoms with van der Waals surface area (Å²) in [7, 11) is 0. The van der Waals surface area contributed by atoms with E-state index in [-0.39, 0.29) is 12.6 Å². The van der Waals surface area contributed by atoms with Crippen LogP contribution >= 0.6 is 0 Å². The lowest BCUT2D eigenvalue weighted by Gasteiger charge is -2.22. The van der Waals surface area contributed by atoms with Crippen molar-refractivity contribution in [2.75, 3.05) is 52.5 Å². The summed E-state index contributed by atoms with van der Waals surface area (Å²) in [5.41, 5.74) is 0. The van der Waals surface area contributed by atoms with Crippen molar-refractivity contribution in [1.29, 1.82) is 0 Å². The molecule has 1 atom stereocenters. The van der Waals surface area contributed by atoms with Crippen LogP contribution in [-0.2, 0) is 9.53 Å². The molecule has 2 fully saturated rings. The molecule has 7 nitrogen and oxygen atoms in total. The third kappa shape index (κ3) is 5.51. The second kappa shape index (κ2) is 8.19. The van der Waals surface area contributed by atoms with E-state index in [1.165, 1.54) is 0 Å². The lowest BCUT2D eigenvalue weighted by molar-refractivity contribution is -0.138. The molecule has 2 aliphatic rings. The Labute approximate surface area is 125 Å². The maximum atomic E-state index is 12.1. The van der Waals surface area contributed by atoms with Crippen LogP contribution in [0.1, 0.15) is 19.3 Å². The van der Waals surface area contributed by atoms with Crippen molar-refractivity contribution < 1.29 is 19.4 Å². The smallest absolute Gasteiger partial charge is 0.317 e. The van der Waals surface area contributed by atoms with Gasteiger partial charge in [-0.3, -0.25) is 9.69 Å². The zero-order chi connectivity index (χ0) is 15.1. The third-order valence-corrected chi connectivity index (χ3v) is 4.09. The highest BCUT2D eigenvalue weighted by Gasteiger charge is 2.21. The Kier molecular flexibility index (Phi) is 6.25. The summed E-state index contributed by atoms with van der Waals surface area (Å²) < 4.78 is 5.31. The number of carboxylic acid groups (broad SMARTS) is 1. The molecule has 120 valence electrons. The molecule has 0 bridgehead atoms. The van der Waals surface area contributed by atoms with Gasteiger partial charge in [-0.2, -0.15) is 0 Å². The van der Waals surface area contributed by atoms with E-state index in [1.54, 1.807) is 4.90 Å². The summed E-state index contributed by atoms with van der Waals surface area (Å²) in [5, 5.41) is 11.8. The Hall–Kier alpha value is -1.34. The van der Waals surface area contributed by atoms with Crippen LogP contribution in [0.4, 0.5) is 4.79 Å². The highest BCUT2D eigenvalue weighted by molar-refractivity contribution is 5.74. The Morgan fingerprint density at radius 1 is 1.24 bits per heavy atom. The van der Waals surface area contributed by atoms with E-state index in [0.717, 1.165) is 39.0 Å². The topological polar surface area (TPSA) is 82.1 Å². The quantitative estimate of drug-likeness (QED) is 0.758. The number of urea groups is 1. The van der Waals surface area contributed by atoms with Crippen molar-refractivity contribution in [2.45, 2.75) is 19.3 Å². The van der Waals surface area contributed by atoms with Gasteiger partial charge in [-0.1, -0.05) is 0 Å². The first-order valence-corrected chi connectivity index (χ1v) is 7.70. The number of hydrogen-bond acceptors (Lipinski definition) is 4. The molecule has 2 aliphatic heterocycles. The van der Waals surface area contributed by atoms with Crippen LogP contribution in [0.3, 0.4) is 0 Å². The first kappa shape index (κ1) is 16.0. The fourth-order valence-corrected chi connectivity index (χ4v) is 2.83. The Bertz CT molecular complexity index is 358. The molecule has 2 rings (SSSR count). The predicted molar refractivity (Wildman–Crippen MR) is 77.2 cm³/mol. The van der Waals surface area contributed by atoms with Crippen molar-refractivity contribution in [3.8, 4) is 0 Å². The molecule has 1 unspecified atom stereocenters. The zero-order valence-electron chi connectivity index (χ0n) is 12.4. The van der Waals surface area contributed by atoms with E-state index in [9.17, 15) is 9.59 Å². The largest absolute Gasteiger partial charge is 0.480 e. The number of rotatable bonds is 5. The maximum absolute atomic E-state index is 12.1. The third-order valence-electron chi connectivity index (χ3n) is 4.09. The lowest BCUT2D eigenvalue weighted by Crippen LogP contribution is -2.43. The first-order valence-electron chi connectivity index (χ1n) is 7.70. The van der Waals surface area contributed by atoms with Crippen LogP contribution in [0.2, 0.25) is 0 Å². The summed E-state index contributed by atoms with van der Waals surface area (Å²) >= 11 is 0. The highest BCUT2D eigenvalue weighted by atomic mass is 16.5. The van der Waals surface area contributed by atoms with Crippen molar-refractivity contribution in [3.05, 3.63) is 0 Å². The Balaban J connectivity index is 1.66. The van der Waals surface area contributed by atoms with Gasteiger partial charge in [0.2, 0.25) is 0 Å². The first-order chi connectivity index (χ1) is 10.1. The second-order valence-electron chi connectivity index (χ2n) is 5.76. The molecule has 0 saturated carbocycles. The minimum absolute atomic E-state index is 0.0360. The molecule has 0 aromatic carbocycles. The molecule has 7 heteroatoms. The van der Waals surface area contributed by atoms with E-state index >= 15 is 0 Å². The fourth-order valence-electron chi connectivity index (χ4n) is 2.83. The van der Waals surface area contributed by atoms with Gasteiger partial charge in [0.25, 0.3) is 0 Å². The molecule has 2 amide bonds. The van der Waals surface area contributed by atoms with Gasteiger partial charge >= 0.3 is 12.0 Å². The normalized spacial score (nSPS) is 23.8. The average Bonchev–Trinajstić information content (AvgIpc) is 2.84. The number of carbonyl (C=O) groups excluding carboxylic acids is 1. The number of ether oxygens (including phenoxy) is 1. The summed E-state index contributed by atoms with van der Waals surface area (Å²) in [6.07, 6.45) is 2.87. The standard InChI is InChI=1S/C14H25N3O4/c18-13(19)10-16-5-1-6-17(8-7-16)14(20)15-4-2-12-3-9-21-11-12/h12H,1-11H2,(H,15,20)(H,18,19). The van der Waals surface area contributed by atoms with Gasteiger partial charge in [-0.25, -0.2) is 4.79 Å². The van der Waals surface area contributed by atoms with Crippen LogP contribution in [0, 0.1) is 5.92 Å². The van der Waals surface area contributed by atoms with Crippen LogP contribution in [-0.4, -0.2) is 79.4 Å². The number of carbonyl (C=O) groups is 2. The monoisotopic (exact) mass is 299 g/mol. The molecule has 2 N–H and O–H groups in total.